The Morgan fingerprint density at radius 2 is 2.10 bits per heavy atom. The molecular weight excluding hydrogens is 403 g/mol. The minimum atomic E-state index is -1.16. The number of Topliss-reactive ketones (excluding diaryl/α,β-unsaturated/α-hetero) is 1. The van der Waals surface area contributed by atoms with Gasteiger partial charge in [-0.25, -0.2) is 29.0 Å². The summed E-state index contributed by atoms with van der Waals surface area (Å²) >= 11 is 0. The molecule has 3 heterocycles. The first-order valence-electron chi connectivity index (χ1n) is 9.38. The lowest BCUT2D eigenvalue weighted by Gasteiger charge is -2.34. The zero-order valence-electron chi connectivity index (χ0n) is 16.9. The molecule has 0 fully saturated rings. The van der Waals surface area contributed by atoms with Crippen LogP contribution in [0.1, 0.15) is 35.0 Å². The van der Waals surface area contributed by atoms with E-state index >= 15 is 0 Å². The van der Waals surface area contributed by atoms with Gasteiger partial charge in [0.05, 0.1) is 24.4 Å². The van der Waals surface area contributed by atoms with Crippen molar-refractivity contribution in [2.24, 2.45) is 10.7 Å². The monoisotopic (exact) mass is 422 g/mol. The van der Waals surface area contributed by atoms with E-state index in [1.165, 1.54) is 53.8 Å². The number of carbonyl (C=O) groups excluding carboxylic acids is 2. The second-order valence-electron chi connectivity index (χ2n) is 7.39. The van der Waals surface area contributed by atoms with Gasteiger partial charge in [0.25, 0.3) is 0 Å². The molecule has 1 aliphatic heterocycles. The molecule has 4 rings (SSSR count). The lowest BCUT2D eigenvalue weighted by atomic mass is 9.85. The summed E-state index contributed by atoms with van der Waals surface area (Å²) in [4.78, 5) is 42.6. The van der Waals surface area contributed by atoms with Crippen molar-refractivity contribution in [2.45, 2.75) is 25.3 Å². The molecule has 1 amide bonds. The highest BCUT2D eigenvalue weighted by molar-refractivity contribution is 5.99. The fourth-order valence-corrected chi connectivity index (χ4v) is 3.34. The van der Waals surface area contributed by atoms with Gasteiger partial charge >= 0.3 is 0 Å². The smallest absolute Gasteiger partial charge is 0.231 e. The quantitative estimate of drug-likeness (QED) is 0.607. The summed E-state index contributed by atoms with van der Waals surface area (Å²) in [6, 6.07) is 4.32. The Morgan fingerprint density at radius 3 is 2.74 bits per heavy atom. The second-order valence-corrected chi connectivity index (χ2v) is 7.39. The van der Waals surface area contributed by atoms with Crippen molar-refractivity contribution in [3.8, 4) is 5.82 Å². The summed E-state index contributed by atoms with van der Waals surface area (Å²) in [5, 5.41) is 3.95. The van der Waals surface area contributed by atoms with Crippen LogP contribution in [0.2, 0.25) is 0 Å². The fraction of sp³-hybridized carbons (Fsp3) is 0.250. The van der Waals surface area contributed by atoms with Gasteiger partial charge in [-0.3, -0.25) is 14.5 Å². The molecule has 1 aliphatic rings. The van der Waals surface area contributed by atoms with Gasteiger partial charge in [0.2, 0.25) is 5.91 Å². The predicted molar refractivity (Wildman–Crippen MR) is 108 cm³/mol. The molecule has 2 aromatic heterocycles. The van der Waals surface area contributed by atoms with E-state index in [9.17, 15) is 14.0 Å². The number of guanidine groups is 1. The first kappa shape index (κ1) is 20.3. The van der Waals surface area contributed by atoms with E-state index in [2.05, 4.69) is 25.0 Å². The number of ketones is 1. The maximum Gasteiger partial charge on any atom is 0.231 e. The number of aliphatic imine (C=N–C) groups is 1. The van der Waals surface area contributed by atoms with Gasteiger partial charge in [0, 0.05) is 19.0 Å². The summed E-state index contributed by atoms with van der Waals surface area (Å²) in [7, 11) is 1.52. The Bertz CT molecular complexity index is 1180. The van der Waals surface area contributed by atoms with Crippen molar-refractivity contribution in [1.82, 2.24) is 29.6 Å². The van der Waals surface area contributed by atoms with Crippen LogP contribution in [0.3, 0.4) is 0 Å². The van der Waals surface area contributed by atoms with E-state index in [1.54, 1.807) is 13.0 Å². The van der Waals surface area contributed by atoms with Gasteiger partial charge in [0.1, 0.15) is 24.2 Å². The predicted octanol–water partition coefficient (Wildman–Crippen LogP) is 1.01. The molecule has 1 atom stereocenters. The van der Waals surface area contributed by atoms with Crippen LogP contribution in [0, 0.1) is 5.82 Å². The zero-order chi connectivity index (χ0) is 22.2. The molecule has 10 nitrogen and oxygen atoms in total. The standard InChI is InChI=1S/C20H19FN8O2/c1-20(7-18(31)28(2)19(22)27-20)13-5-12(3-4-14(13)21)6-16(30)15-8-25-17(9-24-15)29-11-23-10-26-29/h3-5,8-11H,6-7H2,1-2H3,(H2,22,27). The van der Waals surface area contributed by atoms with Crippen LogP contribution in [-0.2, 0) is 16.8 Å². The van der Waals surface area contributed by atoms with E-state index in [4.69, 9.17) is 5.73 Å². The van der Waals surface area contributed by atoms with Gasteiger partial charge < -0.3 is 5.73 Å². The summed E-state index contributed by atoms with van der Waals surface area (Å²) in [6.45, 7) is 1.64. The first-order chi connectivity index (χ1) is 14.8. The van der Waals surface area contributed by atoms with Crippen molar-refractivity contribution in [3.63, 3.8) is 0 Å². The number of rotatable bonds is 5. The third kappa shape index (κ3) is 3.89. The highest BCUT2D eigenvalue weighted by Crippen LogP contribution is 2.35. The molecule has 0 bridgehead atoms. The van der Waals surface area contributed by atoms with Crippen LogP contribution < -0.4 is 5.73 Å². The number of carbonyl (C=O) groups is 2. The number of hydrogen-bond acceptors (Lipinski definition) is 8. The van der Waals surface area contributed by atoms with Gasteiger partial charge in [-0.15, -0.1) is 0 Å². The Morgan fingerprint density at radius 1 is 1.29 bits per heavy atom. The zero-order valence-corrected chi connectivity index (χ0v) is 16.9. The van der Waals surface area contributed by atoms with Crippen molar-refractivity contribution < 1.29 is 14.0 Å². The number of amides is 1. The first-order valence-corrected chi connectivity index (χ1v) is 9.38. The second kappa shape index (κ2) is 7.67. The maximum absolute atomic E-state index is 14.6. The fourth-order valence-electron chi connectivity index (χ4n) is 3.34. The van der Waals surface area contributed by atoms with Crippen molar-refractivity contribution >= 4 is 17.6 Å². The SMILES string of the molecule is CN1C(=O)CC(C)(c2cc(CC(=O)c3cnc(-n4cncn4)cn3)ccc2F)N=C1N. The van der Waals surface area contributed by atoms with Gasteiger partial charge in [0.15, 0.2) is 17.6 Å². The molecule has 3 aromatic rings. The van der Waals surface area contributed by atoms with Gasteiger partial charge in [-0.2, -0.15) is 5.10 Å². The molecule has 11 heteroatoms. The van der Waals surface area contributed by atoms with Crippen LogP contribution in [0.5, 0.6) is 0 Å². The Balaban J connectivity index is 1.57. The molecule has 31 heavy (non-hydrogen) atoms. The van der Waals surface area contributed by atoms with Gasteiger partial charge in [-0.05, 0) is 24.6 Å². The molecule has 1 aromatic carbocycles. The molecule has 0 radical (unpaired) electrons. The van der Waals surface area contributed by atoms with Crippen LogP contribution >= 0.6 is 0 Å². The number of hydrogen-bond donors (Lipinski definition) is 1. The van der Waals surface area contributed by atoms with E-state index in [-0.39, 0.29) is 41.7 Å². The minimum absolute atomic E-state index is 0.0161. The lowest BCUT2D eigenvalue weighted by molar-refractivity contribution is -0.128. The van der Waals surface area contributed by atoms with Crippen molar-refractivity contribution in [2.75, 3.05) is 7.05 Å². The molecule has 1 unspecified atom stereocenters. The normalized spacial score (nSPS) is 18.7. The summed E-state index contributed by atoms with van der Waals surface area (Å²) < 4.78 is 16.1. The van der Waals surface area contributed by atoms with Crippen LogP contribution in [0.25, 0.3) is 5.82 Å². The van der Waals surface area contributed by atoms with Crippen LogP contribution in [0.4, 0.5) is 4.39 Å². The molecule has 0 saturated heterocycles. The number of nitrogens with zero attached hydrogens (tertiary/aromatic N) is 7. The van der Waals surface area contributed by atoms with E-state index < -0.39 is 11.4 Å². The van der Waals surface area contributed by atoms with E-state index in [0.717, 1.165) is 0 Å². The maximum atomic E-state index is 14.6. The Kier molecular flexibility index (Phi) is 5.01. The molecule has 2 N–H and O–H groups in total. The van der Waals surface area contributed by atoms with Crippen molar-refractivity contribution in [3.05, 3.63) is 65.9 Å². The average Bonchev–Trinajstić information content (AvgIpc) is 3.28. The topological polar surface area (TPSA) is 132 Å². The van der Waals surface area contributed by atoms with Crippen LogP contribution in [-0.4, -0.2) is 54.3 Å². The molecule has 158 valence electrons. The van der Waals surface area contributed by atoms with Gasteiger partial charge in [-0.1, -0.05) is 6.07 Å². The highest BCUT2D eigenvalue weighted by Gasteiger charge is 2.38. The third-order valence-electron chi connectivity index (χ3n) is 5.13. The molecular formula is C20H19FN8O2. The lowest BCUT2D eigenvalue weighted by Crippen LogP contribution is -2.47. The molecule has 0 saturated carbocycles. The number of halogens is 1. The summed E-state index contributed by atoms with van der Waals surface area (Å²) in [5.41, 5.74) is 5.60. The highest BCUT2D eigenvalue weighted by atomic mass is 19.1. The van der Waals surface area contributed by atoms with Crippen LogP contribution in [0.15, 0.2) is 48.2 Å². The third-order valence-corrected chi connectivity index (χ3v) is 5.13. The number of benzene rings is 1. The molecule has 0 aliphatic carbocycles. The molecule has 0 spiro atoms. The van der Waals surface area contributed by atoms with E-state index in [0.29, 0.717) is 11.4 Å². The van der Waals surface area contributed by atoms with E-state index in [1.807, 2.05) is 0 Å². The summed E-state index contributed by atoms with van der Waals surface area (Å²) in [6.07, 6.45) is 5.55. The number of nitrogens with two attached hydrogens (primary N) is 1. The Labute approximate surface area is 176 Å². The number of aromatic nitrogens is 5. The largest absolute Gasteiger partial charge is 0.369 e. The van der Waals surface area contributed by atoms with Crippen molar-refractivity contribution in [1.29, 1.82) is 0 Å². The average molecular weight is 422 g/mol. The minimum Gasteiger partial charge on any atom is -0.369 e. The Hall–Kier alpha value is -4.02. The summed E-state index contributed by atoms with van der Waals surface area (Å²) in [5.74, 6) is -0.637.